The number of piperidine rings is 1. The molecule has 0 atom stereocenters. The quantitative estimate of drug-likeness (QED) is 0.738. The van der Waals surface area contributed by atoms with Crippen LogP contribution in [0.3, 0.4) is 0 Å². The Kier molecular flexibility index (Phi) is 6.47. The number of likely N-dealkylation sites (tertiary alicyclic amines) is 1. The molecule has 5 heteroatoms. The maximum atomic E-state index is 4.41. The van der Waals surface area contributed by atoms with E-state index in [4.69, 9.17) is 0 Å². The smallest absolute Gasteiger partial charge is 0.141 e. The summed E-state index contributed by atoms with van der Waals surface area (Å²) in [5.41, 5.74) is 0. The molecule has 1 N–H and O–H groups in total. The minimum atomic E-state index is 0.853. The van der Waals surface area contributed by atoms with Crippen molar-refractivity contribution in [3.63, 3.8) is 0 Å². The SMILES string of the molecule is CCCNCC1CCN(Cc2ncnn2CCC)CC1. The molecule has 0 unspecified atom stereocenters. The van der Waals surface area contributed by atoms with Gasteiger partial charge in [-0.1, -0.05) is 13.8 Å². The summed E-state index contributed by atoms with van der Waals surface area (Å²) in [6.07, 6.45) is 6.64. The van der Waals surface area contributed by atoms with Crippen molar-refractivity contribution in [1.29, 1.82) is 0 Å². The van der Waals surface area contributed by atoms with Crippen LogP contribution in [0.5, 0.6) is 0 Å². The Morgan fingerprint density at radius 2 is 2.05 bits per heavy atom. The van der Waals surface area contributed by atoms with Crippen molar-refractivity contribution in [2.24, 2.45) is 5.92 Å². The van der Waals surface area contributed by atoms with E-state index < -0.39 is 0 Å². The highest BCUT2D eigenvalue weighted by Gasteiger charge is 2.20. The molecule has 5 nitrogen and oxygen atoms in total. The molecule has 0 aromatic carbocycles. The van der Waals surface area contributed by atoms with Crippen LogP contribution >= 0.6 is 0 Å². The normalized spacial score (nSPS) is 17.7. The van der Waals surface area contributed by atoms with E-state index in [2.05, 4.69) is 38.8 Å². The van der Waals surface area contributed by atoms with Crippen LogP contribution in [-0.4, -0.2) is 45.8 Å². The van der Waals surface area contributed by atoms with E-state index in [1.165, 1.54) is 38.9 Å². The highest BCUT2D eigenvalue weighted by atomic mass is 15.3. The van der Waals surface area contributed by atoms with E-state index >= 15 is 0 Å². The molecule has 2 rings (SSSR count). The summed E-state index contributed by atoms with van der Waals surface area (Å²) in [7, 11) is 0. The van der Waals surface area contributed by atoms with E-state index in [0.717, 1.165) is 37.8 Å². The van der Waals surface area contributed by atoms with Crippen LogP contribution in [0.25, 0.3) is 0 Å². The molecule has 1 aliphatic heterocycles. The molecule has 0 radical (unpaired) electrons. The van der Waals surface area contributed by atoms with Crippen LogP contribution < -0.4 is 5.32 Å². The van der Waals surface area contributed by atoms with Gasteiger partial charge >= 0.3 is 0 Å². The Balaban J connectivity index is 1.72. The number of aryl methyl sites for hydroxylation is 1. The fourth-order valence-electron chi connectivity index (χ4n) is 2.84. The standard InChI is InChI=1S/C15H29N5/c1-3-7-16-11-14-5-9-19(10-6-14)12-15-17-13-18-20(15)8-4-2/h13-14,16H,3-12H2,1-2H3. The molecule has 2 heterocycles. The highest BCUT2D eigenvalue weighted by molar-refractivity contribution is 4.86. The summed E-state index contributed by atoms with van der Waals surface area (Å²) in [4.78, 5) is 6.93. The van der Waals surface area contributed by atoms with Gasteiger partial charge in [-0.25, -0.2) is 9.67 Å². The molecular formula is C15H29N5. The zero-order valence-corrected chi connectivity index (χ0v) is 13.0. The van der Waals surface area contributed by atoms with E-state index in [0.29, 0.717) is 0 Å². The van der Waals surface area contributed by atoms with E-state index in [-0.39, 0.29) is 0 Å². The number of rotatable bonds is 8. The summed E-state index contributed by atoms with van der Waals surface area (Å²) in [6.45, 7) is 11.1. The van der Waals surface area contributed by atoms with Crippen molar-refractivity contribution < 1.29 is 0 Å². The number of aromatic nitrogens is 3. The van der Waals surface area contributed by atoms with Crippen LogP contribution in [0, 0.1) is 5.92 Å². The van der Waals surface area contributed by atoms with Crippen LogP contribution in [0.2, 0.25) is 0 Å². The van der Waals surface area contributed by atoms with Gasteiger partial charge in [-0.2, -0.15) is 5.10 Å². The predicted molar refractivity (Wildman–Crippen MR) is 81.5 cm³/mol. The minimum absolute atomic E-state index is 0.853. The lowest BCUT2D eigenvalue weighted by atomic mass is 9.97. The second kappa shape index (κ2) is 8.37. The summed E-state index contributed by atoms with van der Waals surface area (Å²) in [6, 6.07) is 0. The summed E-state index contributed by atoms with van der Waals surface area (Å²) < 4.78 is 2.05. The maximum absolute atomic E-state index is 4.41. The Morgan fingerprint density at radius 1 is 1.25 bits per heavy atom. The molecule has 0 amide bonds. The molecule has 0 bridgehead atoms. The number of hydrogen-bond donors (Lipinski definition) is 1. The lowest BCUT2D eigenvalue weighted by Crippen LogP contribution is -2.37. The van der Waals surface area contributed by atoms with Crippen LogP contribution in [0.4, 0.5) is 0 Å². The van der Waals surface area contributed by atoms with Crippen LogP contribution in [0.15, 0.2) is 6.33 Å². The first-order valence-electron chi connectivity index (χ1n) is 8.13. The third kappa shape index (κ3) is 4.56. The fourth-order valence-corrected chi connectivity index (χ4v) is 2.84. The second-order valence-electron chi connectivity index (χ2n) is 5.82. The Bertz CT molecular complexity index is 368. The molecule has 1 fully saturated rings. The highest BCUT2D eigenvalue weighted by Crippen LogP contribution is 2.17. The summed E-state index contributed by atoms with van der Waals surface area (Å²) in [5.74, 6) is 1.97. The topological polar surface area (TPSA) is 46.0 Å². The number of nitrogens with one attached hydrogen (secondary N) is 1. The van der Waals surface area contributed by atoms with Crippen molar-refractivity contribution in [2.75, 3.05) is 26.2 Å². The fraction of sp³-hybridized carbons (Fsp3) is 0.867. The van der Waals surface area contributed by atoms with Gasteiger partial charge in [0.1, 0.15) is 12.2 Å². The Morgan fingerprint density at radius 3 is 2.75 bits per heavy atom. The largest absolute Gasteiger partial charge is 0.316 e. The van der Waals surface area contributed by atoms with Gasteiger partial charge in [0.15, 0.2) is 0 Å². The molecule has 1 aromatic heterocycles. The van der Waals surface area contributed by atoms with Gasteiger partial charge < -0.3 is 5.32 Å². The van der Waals surface area contributed by atoms with Crippen molar-refractivity contribution in [2.45, 2.75) is 52.6 Å². The first kappa shape index (κ1) is 15.4. The Hall–Kier alpha value is -0.940. The summed E-state index contributed by atoms with van der Waals surface area (Å²) >= 11 is 0. The monoisotopic (exact) mass is 279 g/mol. The maximum Gasteiger partial charge on any atom is 0.141 e. The van der Waals surface area contributed by atoms with Gasteiger partial charge in [0.25, 0.3) is 0 Å². The molecule has 0 aliphatic carbocycles. The van der Waals surface area contributed by atoms with Crippen molar-refractivity contribution in [1.82, 2.24) is 25.0 Å². The molecule has 1 aromatic rings. The first-order chi connectivity index (χ1) is 9.83. The molecule has 0 spiro atoms. The van der Waals surface area contributed by atoms with Gasteiger partial charge in [-0.15, -0.1) is 0 Å². The first-order valence-corrected chi connectivity index (χ1v) is 8.13. The van der Waals surface area contributed by atoms with Gasteiger partial charge in [0.2, 0.25) is 0 Å². The third-order valence-electron chi connectivity index (χ3n) is 4.06. The van der Waals surface area contributed by atoms with Gasteiger partial charge in [0.05, 0.1) is 6.54 Å². The number of nitrogens with zero attached hydrogens (tertiary/aromatic N) is 4. The third-order valence-corrected chi connectivity index (χ3v) is 4.06. The van der Waals surface area contributed by atoms with Crippen molar-refractivity contribution in [3.8, 4) is 0 Å². The van der Waals surface area contributed by atoms with E-state index in [1.807, 2.05) is 0 Å². The molecule has 20 heavy (non-hydrogen) atoms. The second-order valence-corrected chi connectivity index (χ2v) is 5.82. The minimum Gasteiger partial charge on any atom is -0.316 e. The molecular weight excluding hydrogens is 250 g/mol. The zero-order chi connectivity index (χ0) is 14.2. The zero-order valence-electron chi connectivity index (χ0n) is 13.0. The van der Waals surface area contributed by atoms with E-state index in [1.54, 1.807) is 6.33 Å². The molecule has 1 aliphatic rings. The van der Waals surface area contributed by atoms with Gasteiger partial charge in [-0.05, 0) is 57.8 Å². The van der Waals surface area contributed by atoms with Crippen LogP contribution in [0.1, 0.15) is 45.4 Å². The summed E-state index contributed by atoms with van der Waals surface area (Å²) in [5, 5.41) is 7.85. The average molecular weight is 279 g/mol. The van der Waals surface area contributed by atoms with Gasteiger partial charge in [-0.3, -0.25) is 4.90 Å². The lowest BCUT2D eigenvalue weighted by Gasteiger charge is -2.31. The van der Waals surface area contributed by atoms with Crippen LogP contribution in [-0.2, 0) is 13.1 Å². The van der Waals surface area contributed by atoms with E-state index in [9.17, 15) is 0 Å². The molecule has 114 valence electrons. The average Bonchev–Trinajstić information content (AvgIpc) is 2.89. The number of hydrogen-bond acceptors (Lipinski definition) is 4. The predicted octanol–water partition coefficient (Wildman–Crippen LogP) is 1.90. The van der Waals surface area contributed by atoms with Gasteiger partial charge in [0, 0.05) is 6.54 Å². The lowest BCUT2D eigenvalue weighted by molar-refractivity contribution is 0.169. The Labute approximate surface area is 122 Å². The van der Waals surface area contributed by atoms with Crippen molar-refractivity contribution in [3.05, 3.63) is 12.2 Å². The van der Waals surface area contributed by atoms with Crippen molar-refractivity contribution >= 4 is 0 Å². The molecule has 1 saturated heterocycles. The molecule has 0 saturated carbocycles.